The van der Waals surface area contributed by atoms with Crippen LogP contribution in [0.4, 0.5) is 5.00 Å². The summed E-state index contributed by atoms with van der Waals surface area (Å²) in [4.78, 5) is 34.3. The quantitative estimate of drug-likeness (QED) is 0.758. The monoisotopic (exact) mass is 282 g/mol. The van der Waals surface area contributed by atoms with Gasteiger partial charge in [0.1, 0.15) is 6.04 Å². The highest BCUT2D eigenvalue weighted by Gasteiger charge is 2.30. The van der Waals surface area contributed by atoms with Gasteiger partial charge in [-0.2, -0.15) is 0 Å². The Bertz CT molecular complexity index is 522. The zero-order valence-corrected chi connectivity index (χ0v) is 11.1. The molecule has 2 amide bonds. The van der Waals surface area contributed by atoms with E-state index in [-0.39, 0.29) is 11.8 Å². The first-order valence-corrected chi connectivity index (χ1v) is 6.73. The zero-order chi connectivity index (χ0) is 14.0. The minimum absolute atomic E-state index is 0.0206. The molecule has 1 aromatic rings. The van der Waals surface area contributed by atoms with Crippen LogP contribution in [0.25, 0.3) is 0 Å². The Morgan fingerprint density at radius 1 is 1.37 bits per heavy atom. The minimum Gasteiger partial charge on any atom is -0.480 e. The summed E-state index contributed by atoms with van der Waals surface area (Å²) in [5, 5.41) is 14.4. The lowest BCUT2D eigenvalue weighted by Crippen LogP contribution is -2.37. The van der Waals surface area contributed by atoms with Crippen LogP contribution in [0, 0.1) is 5.92 Å². The van der Waals surface area contributed by atoms with Crippen LogP contribution < -0.4 is 10.6 Å². The van der Waals surface area contributed by atoms with Crippen molar-refractivity contribution in [3.8, 4) is 0 Å². The van der Waals surface area contributed by atoms with E-state index in [2.05, 4.69) is 10.6 Å². The molecular formula is C12H14N2O4S. The molecule has 6 nitrogen and oxygen atoms in total. The van der Waals surface area contributed by atoms with Gasteiger partial charge in [0, 0.05) is 5.92 Å². The van der Waals surface area contributed by atoms with Crippen LogP contribution in [0.1, 0.15) is 29.4 Å². The number of amides is 2. The van der Waals surface area contributed by atoms with Crippen molar-refractivity contribution in [2.75, 3.05) is 5.32 Å². The summed E-state index contributed by atoms with van der Waals surface area (Å²) in [5.74, 6) is -1.46. The smallest absolute Gasteiger partial charge is 0.325 e. The third-order valence-electron chi connectivity index (χ3n) is 2.74. The van der Waals surface area contributed by atoms with E-state index in [1.807, 2.05) is 0 Å². The minimum atomic E-state index is -1.09. The third kappa shape index (κ3) is 3.54. The SMILES string of the molecule is C[C@H](NC(=O)c1ccc(NC(=O)C2CC2)s1)C(=O)O. The number of carbonyl (C=O) groups is 3. The molecule has 2 rings (SSSR count). The molecule has 1 fully saturated rings. The standard InChI is InChI=1S/C12H14N2O4S/c1-6(12(17)18)13-11(16)8-4-5-9(19-8)14-10(15)7-2-3-7/h4-7H,2-3H2,1H3,(H,13,16)(H,14,15)(H,17,18)/t6-/m0/s1. The van der Waals surface area contributed by atoms with E-state index in [4.69, 9.17) is 5.11 Å². The highest BCUT2D eigenvalue weighted by Crippen LogP contribution is 2.31. The molecule has 1 aliphatic carbocycles. The summed E-state index contributed by atoms with van der Waals surface area (Å²) in [6, 6.07) is 2.27. The second kappa shape index (κ2) is 5.40. The number of aliphatic carboxylic acids is 1. The van der Waals surface area contributed by atoms with Crippen LogP contribution in [0.15, 0.2) is 12.1 Å². The fourth-order valence-electron chi connectivity index (χ4n) is 1.43. The average molecular weight is 282 g/mol. The molecule has 1 saturated carbocycles. The van der Waals surface area contributed by atoms with E-state index in [0.717, 1.165) is 24.2 Å². The Morgan fingerprint density at radius 3 is 2.63 bits per heavy atom. The van der Waals surface area contributed by atoms with Gasteiger partial charge in [0.05, 0.1) is 9.88 Å². The van der Waals surface area contributed by atoms with E-state index in [1.165, 1.54) is 6.92 Å². The molecule has 1 aliphatic rings. The van der Waals surface area contributed by atoms with Crippen molar-refractivity contribution >= 4 is 34.1 Å². The van der Waals surface area contributed by atoms with Crippen LogP contribution in [-0.2, 0) is 9.59 Å². The lowest BCUT2D eigenvalue weighted by molar-refractivity contribution is -0.138. The van der Waals surface area contributed by atoms with Crippen molar-refractivity contribution in [3.63, 3.8) is 0 Å². The molecule has 1 aromatic heterocycles. The highest BCUT2D eigenvalue weighted by molar-refractivity contribution is 7.18. The average Bonchev–Trinajstić information content (AvgIpc) is 3.10. The summed E-state index contributed by atoms with van der Waals surface area (Å²) in [5.41, 5.74) is 0. The van der Waals surface area contributed by atoms with Crippen LogP contribution in [0.3, 0.4) is 0 Å². The largest absolute Gasteiger partial charge is 0.480 e. The molecule has 1 heterocycles. The lowest BCUT2D eigenvalue weighted by atomic mass is 10.3. The van der Waals surface area contributed by atoms with Crippen molar-refractivity contribution in [2.45, 2.75) is 25.8 Å². The van der Waals surface area contributed by atoms with E-state index in [9.17, 15) is 14.4 Å². The number of carboxylic acids is 1. The Morgan fingerprint density at radius 2 is 2.05 bits per heavy atom. The van der Waals surface area contributed by atoms with Gasteiger partial charge < -0.3 is 15.7 Å². The molecule has 0 radical (unpaired) electrons. The van der Waals surface area contributed by atoms with Crippen molar-refractivity contribution in [1.29, 1.82) is 0 Å². The molecule has 0 bridgehead atoms. The van der Waals surface area contributed by atoms with Crippen molar-refractivity contribution in [3.05, 3.63) is 17.0 Å². The second-order valence-corrected chi connectivity index (χ2v) is 5.54. The predicted molar refractivity (Wildman–Crippen MR) is 70.2 cm³/mol. The van der Waals surface area contributed by atoms with Gasteiger partial charge in [-0.15, -0.1) is 11.3 Å². The van der Waals surface area contributed by atoms with Crippen LogP contribution in [0.5, 0.6) is 0 Å². The van der Waals surface area contributed by atoms with E-state index in [0.29, 0.717) is 9.88 Å². The van der Waals surface area contributed by atoms with Crippen LogP contribution in [-0.4, -0.2) is 28.9 Å². The summed E-state index contributed by atoms with van der Waals surface area (Å²) in [6.07, 6.45) is 1.83. The molecule has 0 aliphatic heterocycles. The Balaban J connectivity index is 1.94. The van der Waals surface area contributed by atoms with E-state index in [1.54, 1.807) is 12.1 Å². The molecule has 19 heavy (non-hydrogen) atoms. The number of anilines is 1. The van der Waals surface area contributed by atoms with Crippen molar-refractivity contribution in [1.82, 2.24) is 5.32 Å². The first kappa shape index (κ1) is 13.5. The molecule has 7 heteroatoms. The summed E-state index contributed by atoms with van der Waals surface area (Å²) in [7, 11) is 0. The van der Waals surface area contributed by atoms with Crippen molar-refractivity contribution in [2.24, 2.45) is 5.92 Å². The normalized spacial score (nSPS) is 15.6. The molecule has 1 atom stereocenters. The Kier molecular flexibility index (Phi) is 3.84. The number of thiophene rings is 1. The van der Waals surface area contributed by atoms with Gasteiger partial charge in [0.2, 0.25) is 5.91 Å². The van der Waals surface area contributed by atoms with Gasteiger partial charge in [-0.05, 0) is 31.9 Å². The summed E-state index contributed by atoms with van der Waals surface area (Å²) < 4.78 is 0. The number of hydrogen-bond acceptors (Lipinski definition) is 4. The van der Waals surface area contributed by atoms with Gasteiger partial charge >= 0.3 is 5.97 Å². The van der Waals surface area contributed by atoms with Gasteiger partial charge in [-0.1, -0.05) is 0 Å². The molecular weight excluding hydrogens is 268 g/mol. The van der Waals surface area contributed by atoms with E-state index >= 15 is 0 Å². The van der Waals surface area contributed by atoms with Crippen LogP contribution in [0.2, 0.25) is 0 Å². The number of hydrogen-bond donors (Lipinski definition) is 3. The fraction of sp³-hybridized carbons (Fsp3) is 0.417. The maximum absolute atomic E-state index is 11.7. The lowest BCUT2D eigenvalue weighted by Gasteiger charge is -2.07. The maximum Gasteiger partial charge on any atom is 0.325 e. The third-order valence-corrected chi connectivity index (χ3v) is 3.74. The topological polar surface area (TPSA) is 95.5 Å². The highest BCUT2D eigenvalue weighted by atomic mass is 32.1. The second-order valence-electron chi connectivity index (χ2n) is 4.46. The molecule has 3 N–H and O–H groups in total. The number of nitrogens with one attached hydrogen (secondary N) is 2. The zero-order valence-electron chi connectivity index (χ0n) is 10.3. The summed E-state index contributed by atoms with van der Waals surface area (Å²) in [6.45, 7) is 1.39. The first-order valence-electron chi connectivity index (χ1n) is 5.91. The number of carbonyl (C=O) groups excluding carboxylic acids is 2. The van der Waals surface area contributed by atoms with Gasteiger partial charge in [-0.3, -0.25) is 14.4 Å². The fourth-order valence-corrected chi connectivity index (χ4v) is 2.24. The molecule has 0 saturated heterocycles. The van der Waals surface area contributed by atoms with Crippen LogP contribution >= 0.6 is 11.3 Å². The predicted octanol–water partition coefficient (Wildman–Crippen LogP) is 1.30. The van der Waals surface area contributed by atoms with Crippen molar-refractivity contribution < 1.29 is 19.5 Å². The van der Waals surface area contributed by atoms with Gasteiger partial charge in [0.25, 0.3) is 5.91 Å². The van der Waals surface area contributed by atoms with Gasteiger partial charge in [0.15, 0.2) is 0 Å². The number of carboxylic acid groups (broad SMARTS) is 1. The summed E-state index contributed by atoms with van der Waals surface area (Å²) >= 11 is 1.13. The molecule has 0 unspecified atom stereocenters. The Labute approximate surface area is 113 Å². The Hall–Kier alpha value is -1.89. The molecule has 102 valence electrons. The number of rotatable bonds is 5. The molecule has 0 aromatic carbocycles. The van der Waals surface area contributed by atoms with E-state index < -0.39 is 17.9 Å². The molecule has 0 spiro atoms. The first-order chi connectivity index (χ1) is 8.97. The van der Waals surface area contributed by atoms with Gasteiger partial charge in [-0.25, -0.2) is 0 Å². The maximum atomic E-state index is 11.7.